The number of esters is 1. The van der Waals surface area contributed by atoms with Crippen LogP contribution in [-0.2, 0) is 14.3 Å². The predicted octanol–water partition coefficient (Wildman–Crippen LogP) is 0.584. The lowest BCUT2D eigenvalue weighted by Crippen LogP contribution is -2.28. The van der Waals surface area contributed by atoms with E-state index in [9.17, 15) is 9.59 Å². The zero-order valence-electron chi connectivity index (χ0n) is 8.24. The van der Waals surface area contributed by atoms with E-state index in [-0.39, 0.29) is 5.91 Å². The summed E-state index contributed by atoms with van der Waals surface area (Å²) in [7, 11) is 1.27. The fourth-order valence-corrected chi connectivity index (χ4v) is 0.848. The van der Waals surface area contributed by atoms with Crippen molar-refractivity contribution in [3.63, 3.8) is 0 Å². The number of carbonyl (C=O) groups excluding carboxylic acids is 2. The maximum Gasteiger partial charge on any atom is 0.330 e. The number of hydrogen-bond acceptors (Lipinski definition) is 3. The number of rotatable bonds is 4. The van der Waals surface area contributed by atoms with Gasteiger partial charge in [0.2, 0.25) is 5.91 Å². The van der Waals surface area contributed by atoms with Crippen LogP contribution >= 0.6 is 0 Å². The molecule has 0 aliphatic carbocycles. The van der Waals surface area contributed by atoms with E-state index in [4.69, 9.17) is 0 Å². The van der Waals surface area contributed by atoms with Crippen LogP contribution in [0.25, 0.3) is 0 Å². The highest BCUT2D eigenvalue weighted by Crippen LogP contribution is 1.90. The van der Waals surface area contributed by atoms with Crippen LogP contribution in [0.1, 0.15) is 13.8 Å². The first-order valence-corrected chi connectivity index (χ1v) is 4.20. The molecule has 0 aliphatic heterocycles. The van der Waals surface area contributed by atoms with Crippen molar-refractivity contribution in [2.24, 2.45) is 0 Å². The van der Waals surface area contributed by atoms with Crippen molar-refractivity contribution in [3.8, 4) is 0 Å². The first-order chi connectivity index (χ1) is 6.15. The number of carbonyl (C=O) groups is 2. The molecule has 0 fully saturated rings. The van der Waals surface area contributed by atoms with Crippen molar-refractivity contribution in [2.75, 3.05) is 20.2 Å². The first kappa shape index (κ1) is 11.7. The first-order valence-electron chi connectivity index (χ1n) is 4.20. The van der Waals surface area contributed by atoms with Crippen molar-refractivity contribution in [3.05, 3.63) is 12.2 Å². The molecule has 0 aromatic carbocycles. The third-order valence-electron chi connectivity index (χ3n) is 1.64. The molecule has 0 radical (unpaired) electrons. The Labute approximate surface area is 78.2 Å². The molecule has 0 saturated carbocycles. The van der Waals surface area contributed by atoms with Gasteiger partial charge in [0.05, 0.1) is 7.11 Å². The Morgan fingerprint density at radius 2 is 1.77 bits per heavy atom. The minimum Gasteiger partial charge on any atom is -0.466 e. The Kier molecular flexibility index (Phi) is 5.59. The summed E-state index contributed by atoms with van der Waals surface area (Å²) in [5.74, 6) is -0.684. The number of likely N-dealkylation sites (N-methyl/N-ethyl adjacent to an activating group) is 1. The second-order valence-corrected chi connectivity index (χ2v) is 2.37. The molecule has 0 unspecified atom stereocenters. The highest BCUT2D eigenvalue weighted by atomic mass is 16.5. The van der Waals surface area contributed by atoms with Crippen LogP contribution in [0.4, 0.5) is 0 Å². The Bertz CT molecular complexity index is 207. The largest absolute Gasteiger partial charge is 0.466 e. The molecular weight excluding hydrogens is 170 g/mol. The molecule has 13 heavy (non-hydrogen) atoms. The molecule has 0 bridgehead atoms. The molecule has 4 nitrogen and oxygen atoms in total. The van der Waals surface area contributed by atoms with Gasteiger partial charge in [-0.05, 0) is 13.8 Å². The third-order valence-corrected chi connectivity index (χ3v) is 1.64. The molecule has 0 saturated heterocycles. The van der Waals surface area contributed by atoms with Crippen LogP contribution < -0.4 is 0 Å². The molecule has 1 amide bonds. The lowest BCUT2D eigenvalue weighted by atomic mass is 10.4. The highest BCUT2D eigenvalue weighted by Gasteiger charge is 2.05. The summed E-state index contributed by atoms with van der Waals surface area (Å²) >= 11 is 0. The molecule has 0 heterocycles. The number of amides is 1. The highest BCUT2D eigenvalue weighted by molar-refractivity contribution is 5.94. The molecular formula is C9H15NO3. The van der Waals surface area contributed by atoms with Crippen molar-refractivity contribution >= 4 is 11.9 Å². The zero-order valence-corrected chi connectivity index (χ0v) is 8.24. The minimum absolute atomic E-state index is 0.171. The van der Waals surface area contributed by atoms with Gasteiger partial charge in [-0.3, -0.25) is 4.79 Å². The third kappa shape index (κ3) is 4.30. The van der Waals surface area contributed by atoms with Crippen molar-refractivity contribution < 1.29 is 14.3 Å². The summed E-state index contributed by atoms with van der Waals surface area (Å²) < 4.78 is 4.35. The molecule has 0 aromatic heterocycles. The topological polar surface area (TPSA) is 46.6 Å². The van der Waals surface area contributed by atoms with Crippen molar-refractivity contribution in [2.45, 2.75) is 13.8 Å². The minimum atomic E-state index is -0.513. The molecule has 0 rings (SSSR count). The molecule has 0 N–H and O–H groups in total. The monoisotopic (exact) mass is 185 g/mol. The number of methoxy groups -OCH3 is 1. The van der Waals surface area contributed by atoms with Gasteiger partial charge in [-0.15, -0.1) is 0 Å². The Balaban J connectivity index is 4.12. The normalized spacial score (nSPS) is 10.1. The zero-order chi connectivity index (χ0) is 10.3. The second-order valence-electron chi connectivity index (χ2n) is 2.37. The van der Waals surface area contributed by atoms with Gasteiger partial charge in [-0.2, -0.15) is 0 Å². The molecule has 0 atom stereocenters. The van der Waals surface area contributed by atoms with E-state index in [1.807, 2.05) is 13.8 Å². The van der Waals surface area contributed by atoms with Crippen molar-refractivity contribution in [1.82, 2.24) is 4.90 Å². The Morgan fingerprint density at radius 3 is 2.15 bits per heavy atom. The average molecular weight is 185 g/mol. The lowest BCUT2D eigenvalue weighted by Gasteiger charge is -2.15. The molecule has 0 spiro atoms. The van der Waals surface area contributed by atoms with E-state index < -0.39 is 5.97 Å². The average Bonchev–Trinajstić information content (AvgIpc) is 2.16. The molecule has 4 heteroatoms. The predicted molar refractivity (Wildman–Crippen MR) is 49.1 cm³/mol. The van der Waals surface area contributed by atoms with E-state index in [0.717, 1.165) is 6.08 Å². The van der Waals surface area contributed by atoms with Gasteiger partial charge in [0.1, 0.15) is 0 Å². The molecule has 0 aliphatic rings. The molecule has 0 aromatic rings. The summed E-state index contributed by atoms with van der Waals surface area (Å²) in [5.41, 5.74) is 0. The fourth-order valence-electron chi connectivity index (χ4n) is 0.848. The summed E-state index contributed by atoms with van der Waals surface area (Å²) in [5, 5.41) is 0. The second kappa shape index (κ2) is 6.22. The van der Waals surface area contributed by atoms with Crippen molar-refractivity contribution in [1.29, 1.82) is 0 Å². The van der Waals surface area contributed by atoms with Gasteiger partial charge in [-0.1, -0.05) is 0 Å². The quantitative estimate of drug-likeness (QED) is 0.475. The Hall–Kier alpha value is -1.32. The standard InChI is InChI=1S/C9H15NO3/c1-4-10(5-2)8(11)6-7-9(12)13-3/h6-7H,4-5H2,1-3H3/b7-6+. The van der Waals surface area contributed by atoms with E-state index in [2.05, 4.69) is 4.74 Å². The van der Waals surface area contributed by atoms with E-state index in [0.29, 0.717) is 13.1 Å². The van der Waals surface area contributed by atoms with Crippen LogP contribution in [-0.4, -0.2) is 37.0 Å². The van der Waals surface area contributed by atoms with E-state index in [1.54, 1.807) is 4.90 Å². The van der Waals surface area contributed by atoms with Gasteiger partial charge in [-0.25, -0.2) is 4.79 Å². The smallest absolute Gasteiger partial charge is 0.330 e. The SMILES string of the molecule is CCN(CC)C(=O)/C=C/C(=O)OC. The van der Waals surface area contributed by atoms with Gasteiger partial charge < -0.3 is 9.64 Å². The van der Waals surface area contributed by atoms with Gasteiger partial charge >= 0.3 is 5.97 Å². The number of nitrogens with zero attached hydrogens (tertiary/aromatic N) is 1. The number of ether oxygens (including phenoxy) is 1. The summed E-state index contributed by atoms with van der Waals surface area (Å²) in [6, 6.07) is 0. The van der Waals surface area contributed by atoms with Gasteiger partial charge in [0.25, 0.3) is 0 Å². The number of hydrogen-bond donors (Lipinski definition) is 0. The van der Waals surface area contributed by atoms with Crippen LogP contribution in [0.3, 0.4) is 0 Å². The van der Waals surface area contributed by atoms with E-state index >= 15 is 0 Å². The van der Waals surface area contributed by atoms with E-state index in [1.165, 1.54) is 13.2 Å². The summed E-state index contributed by atoms with van der Waals surface area (Å²) in [6.07, 6.45) is 2.35. The van der Waals surface area contributed by atoms with Crippen LogP contribution in [0, 0.1) is 0 Å². The molecule has 74 valence electrons. The summed E-state index contributed by atoms with van der Waals surface area (Å²) in [4.78, 5) is 23.5. The lowest BCUT2D eigenvalue weighted by molar-refractivity contribution is -0.135. The van der Waals surface area contributed by atoms with Crippen LogP contribution in [0.5, 0.6) is 0 Å². The maximum absolute atomic E-state index is 11.3. The maximum atomic E-state index is 11.3. The Morgan fingerprint density at radius 1 is 1.23 bits per heavy atom. The summed E-state index contributed by atoms with van der Waals surface area (Å²) in [6.45, 7) is 5.04. The van der Waals surface area contributed by atoms with Gasteiger partial charge in [0.15, 0.2) is 0 Å². The van der Waals surface area contributed by atoms with Crippen LogP contribution in [0.2, 0.25) is 0 Å². The fraction of sp³-hybridized carbons (Fsp3) is 0.556. The van der Waals surface area contributed by atoms with Crippen LogP contribution in [0.15, 0.2) is 12.2 Å². The van der Waals surface area contributed by atoms with Gasteiger partial charge in [0, 0.05) is 25.2 Å².